The first-order chi connectivity index (χ1) is 20.8. The Bertz CT molecular complexity index is 1530. The number of thioether (sulfide) groups is 1. The van der Waals surface area contributed by atoms with Gasteiger partial charge in [0.05, 0.1) is 12.2 Å². The molecule has 2 aromatic carbocycles. The van der Waals surface area contributed by atoms with Crippen molar-refractivity contribution >= 4 is 35.2 Å². The summed E-state index contributed by atoms with van der Waals surface area (Å²) in [5, 5.41) is 11.8. The Morgan fingerprint density at radius 3 is 2.58 bits per heavy atom. The summed E-state index contributed by atoms with van der Waals surface area (Å²) in [5.41, 5.74) is 4.85. The number of fused-ring (bicyclic) bond motifs is 1. The van der Waals surface area contributed by atoms with Gasteiger partial charge in [-0.2, -0.15) is 4.98 Å². The molecule has 0 bridgehead atoms. The van der Waals surface area contributed by atoms with Crippen molar-refractivity contribution in [3.8, 4) is 11.5 Å². The second kappa shape index (κ2) is 13.5. The van der Waals surface area contributed by atoms with E-state index >= 15 is 0 Å². The number of carbonyl (C=O) groups excluding carboxylic acids is 2. The monoisotopic (exact) mass is 604 g/mol. The Labute approximate surface area is 257 Å². The van der Waals surface area contributed by atoms with Crippen LogP contribution in [0, 0.1) is 13.8 Å². The summed E-state index contributed by atoms with van der Waals surface area (Å²) in [4.78, 5) is 33.3. The second-order valence-electron chi connectivity index (χ2n) is 10.7. The molecule has 2 aliphatic heterocycles. The summed E-state index contributed by atoms with van der Waals surface area (Å²) in [6.07, 6.45) is 3.20. The molecular weight excluding hydrogens is 564 g/mol. The molecular formula is C32H40N6O4S. The highest BCUT2D eigenvalue weighted by Gasteiger charge is 2.35. The molecule has 228 valence electrons. The van der Waals surface area contributed by atoms with E-state index in [1.165, 1.54) is 11.8 Å². The predicted octanol–water partition coefficient (Wildman–Crippen LogP) is 5.72. The number of benzene rings is 2. The van der Waals surface area contributed by atoms with Gasteiger partial charge in [-0.25, -0.2) is 4.68 Å². The van der Waals surface area contributed by atoms with Gasteiger partial charge in [-0.3, -0.25) is 9.59 Å². The normalized spacial score (nSPS) is 16.4. The van der Waals surface area contributed by atoms with E-state index in [-0.39, 0.29) is 18.4 Å². The van der Waals surface area contributed by atoms with E-state index in [1.54, 1.807) is 10.7 Å². The lowest BCUT2D eigenvalue weighted by Crippen LogP contribution is -2.38. The quantitative estimate of drug-likeness (QED) is 0.283. The van der Waals surface area contributed by atoms with E-state index in [0.717, 1.165) is 60.5 Å². The number of aromatic nitrogens is 3. The molecule has 0 aliphatic carbocycles. The topological polar surface area (TPSA) is 111 Å². The number of likely N-dealkylation sites (tertiary alicyclic amines) is 1. The molecule has 2 aliphatic rings. The lowest BCUT2D eigenvalue weighted by atomic mass is 9.94. The van der Waals surface area contributed by atoms with Crippen LogP contribution in [0.4, 0.5) is 11.6 Å². The Kier molecular flexibility index (Phi) is 9.59. The zero-order chi connectivity index (χ0) is 30.5. The fourth-order valence-electron chi connectivity index (χ4n) is 5.46. The predicted molar refractivity (Wildman–Crippen MR) is 169 cm³/mol. The number of nitrogens with one attached hydrogen (secondary N) is 2. The van der Waals surface area contributed by atoms with E-state index in [0.29, 0.717) is 40.5 Å². The van der Waals surface area contributed by atoms with Gasteiger partial charge < -0.3 is 25.0 Å². The fraction of sp³-hybridized carbons (Fsp3) is 0.438. The number of hydrogen-bond acceptors (Lipinski definition) is 8. The van der Waals surface area contributed by atoms with Crippen LogP contribution in [0.25, 0.3) is 0 Å². The zero-order valence-corrected chi connectivity index (χ0v) is 26.3. The van der Waals surface area contributed by atoms with Gasteiger partial charge >= 0.3 is 0 Å². The molecule has 0 spiro atoms. The summed E-state index contributed by atoms with van der Waals surface area (Å²) < 4.78 is 13.7. The van der Waals surface area contributed by atoms with Gasteiger partial charge in [-0.05, 0) is 87.6 Å². The van der Waals surface area contributed by atoms with Gasteiger partial charge in [0.15, 0.2) is 18.1 Å². The van der Waals surface area contributed by atoms with E-state index in [4.69, 9.17) is 14.6 Å². The van der Waals surface area contributed by atoms with Crippen molar-refractivity contribution in [2.45, 2.75) is 65.1 Å². The molecule has 0 saturated carbocycles. The average Bonchev–Trinajstić information content (AvgIpc) is 3.40. The molecule has 1 unspecified atom stereocenters. The number of allylic oxidation sites excluding steroid dienone is 1. The van der Waals surface area contributed by atoms with Crippen molar-refractivity contribution in [3.05, 3.63) is 64.4 Å². The van der Waals surface area contributed by atoms with Crippen LogP contribution in [0.15, 0.2) is 52.8 Å². The summed E-state index contributed by atoms with van der Waals surface area (Å²) in [5.74, 6) is 2.10. The summed E-state index contributed by atoms with van der Waals surface area (Å²) in [7, 11) is 0. The van der Waals surface area contributed by atoms with Crippen LogP contribution in [-0.2, 0) is 9.59 Å². The SMILES string of the molecule is CCOc1cc(C2C(C(=O)Nc3cccc(C)c3C)=C(C)Nc3nc(SCC)nn32)ccc1OCC(=O)N1CCCCC1. The van der Waals surface area contributed by atoms with E-state index < -0.39 is 6.04 Å². The van der Waals surface area contributed by atoms with Crippen molar-refractivity contribution < 1.29 is 19.1 Å². The number of piperidine rings is 1. The third-order valence-electron chi connectivity index (χ3n) is 7.85. The summed E-state index contributed by atoms with van der Waals surface area (Å²) in [6, 6.07) is 10.9. The molecule has 3 aromatic rings. The number of amides is 2. The van der Waals surface area contributed by atoms with Gasteiger partial charge in [0.2, 0.25) is 11.1 Å². The average molecular weight is 605 g/mol. The van der Waals surface area contributed by atoms with Crippen LogP contribution in [-0.4, -0.2) is 63.5 Å². The molecule has 43 heavy (non-hydrogen) atoms. The highest BCUT2D eigenvalue weighted by molar-refractivity contribution is 7.99. The lowest BCUT2D eigenvalue weighted by Gasteiger charge is -2.29. The molecule has 1 atom stereocenters. The van der Waals surface area contributed by atoms with Crippen LogP contribution >= 0.6 is 11.8 Å². The highest BCUT2D eigenvalue weighted by Crippen LogP contribution is 2.40. The number of rotatable bonds is 10. The van der Waals surface area contributed by atoms with Crippen LogP contribution in [0.5, 0.6) is 11.5 Å². The Hall–Kier alpha value is -3.99. The molecule has 11 heteroatoms. The van der Waals surface area contributed by atoms with Gasteiger partial charge in [0.25, 0.3) is 11.8 Å². The van der Waals surface area contributed by atoms with Crippen LogP contribution in [0.2, 0.25) is 0 Å². The minimum Gasteiger partial charge on any atom is -0.490 e. The fourth-order valence-corrected chi connectivity index (χ4v) is 6.01. The maximum Gasteiger partial charge on any atom is 0.260 e. The smallest absolute Gasteiger partial charge is 0.260 e. The largest absolute Gasteiger partial charge is 0.490 e. The number of carbonyl (C=O) groups is 2. The van der Waals surface area contributed by atoms with Crippen molar-refractivity contribution in [2.24, 2.45) is 0 Å². The standard InChI is InChI=1S/C32H40N6O4S/c1-6-41-26-18-23(14-15-25(26)42-19-27(39)37-16-9-8-10-17-37)29-28(30(40)34-24-13-11-12-20(3)21(24)4)22(5)33-31-35-32(43-7-2)36-38(29)31/h11-15,18,29H,6-10,16-17,19H2,1-5H3,(H,34,40)(H,33,35,36). The molecule has 2 N–H and O–H groups in total. The minimum atomic E-state index is -0.580. The second-order valence-corrected chi connectivity index (χ2v) is 12.0. The Morgan fingerprint density at radius 1 is 1.05 bits per heavy atom. The minimum absolute atomic E-state index is 0.0262. The van der Waals surface area contributed by atoms with Gasteiger partial charge in [0.1, 0.15) is 6.04 Å². The van der Waals surface area contributed by atoms with Crippen LogP contribution < -0.4 is 20.1 Å². The van der Waals surface area contributed by atoms with Crippen molar-refractivity contribution in [1.29, 1.82) is 0 Å². The van der Waals surface area contributed by atoms with Crippen LogP contribution in [0.3, 0.4) is 0 Å². The first-order valence-electron chi connectivity index (χ1n) is 14.9. The highest BCUT2D eigenvalue weighted by atomic mass is 32.2. The first kappa shape index (κ1) is 30.5. The molecule has 1 fully saturated rings. The molecule has 1 aromatic heterocycles. The third-order valence-corrected chi connectivity index (χ3v) is 8.57. The molecule has 2 amide bonds. The van der Waals surface area contributed by atoms with Crippen LogP contribution in [0.1, 0.15) is 62.8 Å². The Balaban J connectivity index is 1.49. The van der Waals surface area contributed by atoms with Crippen molar-refractivity contribution in [3.63, 3.8) is 0 Å². The summed E-state index contributed by atoms with van der Waals surface area (Å²) in [6.45, 7) is 11.7. The Morgan fingerprint density at radius 2 is 1.84 bits per heavy atom. The molecule has 5 rings (SSSR count). The number of ether oxygens (including phenoxy) is 2. The molecule has 1 saturated heterocycles. The van der Waals surface area contributed by atoms with Gasteiger partial charge in [0, 0.05) is 24.5 Å². The number of anilines is 2. The van der Waals surface area contributed by atoms with Gasteiger partial charge in [-0.1, -0.05) is 36.9 Å². The zero-order valence-electron chi connectivity index (χ0n) is 25.5. The van der Waals surface area contributed by atoms with Crippen molar-refractivity contribution in [1.82, 2.24) is 19.7 Å². The lowest BCUT2D eigenvalue weighted by molar-refractivity contribution is -0.134. The van der Waals surface area contributed by atoms with Gasteiger partial charge in [-0.15, -0.1) is 5.10 Å². The van der Waals surface area contributed by atoms with E-state index in [9.17, 15) is 9.59 Å². The number of hydrogen-bond donors (Lipinski definition) is 2. The first-order valence-corrected chi connectivity index (χ1v) is 15.9. The summed E-state index contributed by atoms with van der Waals surface area (Å²) >= 11 is 1.53. The number of aryl methyl sites for hydroxylation is 1. The van der Waals surface area contributed by atoms with E-state index in [2.05, 4.69) is 15.6 Å². The molecule has 0 radical (unpaired) electrons. The molecule has 10 nitrogen and oxygen atoms in total. The number of nitrogens with zero attached hydrogens (tertiary/aromatic N) is 4. The maximum atomic E-state index is 14.0. The van der Waals surface area contributed by atoms with E-state index in [1.807, 2.05) is 69.9 Å². The molecule has 3 heterocycles. The van der Waals surface area contributed by atoms with Crippen molar-refractivity contribution in [2.75, 3.05) is 42.7 Å². The third kappa shape index (κ3) is 6.66. The maximum absolute atomic E-state index is 14.0.